The SMILES string of the molecule is CCc1ccc(C(=O)OCC(=O)Nc2cc(Cl)ccc2Cl)cc1. The first-order valence-electron chi connectivity index (χ1n) is 7.00. The maximum Gasteiger partial charge on any atom is 0.338 e. The molecule has 0 aliphatic carbocycles. The summed E-state index contributed by atoms with van der Waals surface area (Å²) in [4.78, 5) is 23.7. The molecule has 0 unspecified atom stereocenters. The van der Waals surface area contributed by atoms with Gasteiger partial charge in [-0.05, 0) is 42.3 Å². The molecule has 0 bridgehead atoms. The topological polar surface area (TPSA) is 55.4 Å². The molecular weight excluding hydrogens is 337 g/mol. The zero-order valence-electron chi connectivity index (χ0n) is 12.4. The lowest BCUT2D eigenvalue weighted by molar-refractivity contribution is -0.119. The van der Waals surface area contributed by atoms with Crippen molar-refractivity contribution in [2.24, 2.45) is 0 Å². The molecule has 0 fully saturated rings. The van der Waals surface area contributed by atoms with Crippen LogP contribution in [0, 0.1) is 0 Å². The van der Waals surface area contributed by atoms with Crippen molar-refractivity contribution in [1.82, 2.24) is 0 Å². The van der Waals surface area contributed by atoms with Crippen LogP contribution >= 0.6 is 23.2 Å². The number of nitrogens with one attached hydrogen (secondary N) is 1. The summed E-state index contributed by atoms with van der Waals surface area (Å²) in [7, 11) is 0. The summed E-state index contributed by atoms with van der Waals surface area (Å²) in [5.74, 6) is -1.05. The standard InChI is InChI=1S/C17H15Cl2NO3/c1-2-11-3-5-12(6-4-11)17(22)23-10-16(21)20-15-9-13(18)7-8-14(15)19/h3-9H,2,10H2,1H3,(H,20,21). The zero-order chi connectivity index (χ0) is 16.8. The fraction of sp³-hybridized carbons (Fsp3) is 0.176. The molecule has 0 aromatic heterocycles. The van der Waals surface area contributed by atoms with Gasteiger partial charge in [-0.1, -0.05) is 42.3 Å². The van der Waals surface area contributed by atoms with Crippen molar-refractivity contribution in [3.63, 3.8) is 0 Å². The van der Waals surface area contributed by atoms with Crippen molar-refractivity contribution in [2.75, 3.05) is 11.9 Å². The molecule has 120 valence electrons. The van der Waals surface area contributed by atoms with Crippen molar-refractivity contribution in [2.45, 2.75) is 13.3 Å². The first-order chi connectivity index (χ1) is 11.0. The Balaban J connectivity index is 1.90. The molecule has 4 nitrogen and oxygen atoms in total. The molecule has 2 aromatic rings. The summed E-state index contributed by atoms with van der Waals surface area (Å²) in [5.41, 5.74) is 1.89. The monoisotopic (exact) mass is 351 g/mol. The number of benzene rings is 2. The highest BCUT2D eigenvalue weighted by molar-refractivity contribution is 6.35. The van der Waals surface area contributed by atoms with Crippen LogP contribution in [0.25, 0.3) is 0 Å². The third-order valence-corrected chi connectivity index (χ3v) is 3.70. The van der Waals surface area contributed by atoms with E-state index >= 15 is 0 Å². The van der Waals surface area contributed by atoms with E-state index in [0.717, 1.165) is 12.0 Å². The van der Waals surface area contributed by atoms with E-state index < -0.39 is 18.5 Å². The molecule has 2 rings (SSSR count). The lowest BCUT2D eigenvalue weighted by Gasteiger charge is -2.08. The van der Waals surface area contributed by atoms with Gasteiger partial charge in [-0.25, -0.2) is 4.79 Å². The predicted molar refractivity (Wildman–Crippen MR) is 91.2 cm³/mol. The second-order valence-electron chi connectivity index (χ2n) is 4.80. The zero-order valence-corrected chi connectivity index (χ0v) is 13.9. The minimum Gasteiger partial charge on any atom is -0.452 e. The van der Waals surface area contributed by atoms with Crippen LogP contribution in [0.4, 0.5) is 5.69 Å². The van der Waals surface area contributed by atoms with E-state index in [1.807, 2.05) is 19.1 Å². The number of rotatable bonds is 5. The van der Waals surface area contributed by atoms with Crippen LogP contribution in [-0.2, 0) is 16.0 Å². The molecule has 2 aromatic carbocycles. The van der Waals surface area contributed by atoms with Gasteiger partial charge in [-0.15, -0.1) is 0 Å². The molecule has 1 amide bonds. The van der Waals surface area contributed by atoms with Crippen LogP contribution < -0.4 is 5.32 Å². The van der Waals surface area contributed by atoms with Gasteiger partial charge in [0.05, 0.1) is 16.3 Å². The molecule has 0 aliphatic rings. The van der Waals surface area contributed by atoms with Gasteiger partial charge in [-0.2, -0.15) is 0 Å². The molecule has 0 spiro atoms. The van der Waals surface area contributed by atoms with Crippen molar-refractivity contribution < 1.29 is 14.3 Å². The summed E-state index contributed by atoms with van der Waals surface area (Å²) in [6.45, 7) is 1.62. The van der Waals surface area contributed by atoms with Gasteiger partial charge in [0, 0.05) is 5.02 Å². The number of hydrogen-bond donors (Lipinski definition) is 1. The van der Waals surface area contributed by atoms with Crippen molar-refractivity contribution in [1.29, 1.82) is 0 Å². The van der Waals surface area contributed by atoms with E-state index in [4.69, 9.17) is 27.9 Å². The third-order valence-electron chi connectivity index (χ3n) is 3.13. The van der Waals surface area contributed by atoms with Crippen molar-refractivity contribution in [3.8, 4) is 0 Å². The highest BCUT2D eigenvalue weighted by Gasteiger charge is 2.11. The van der Waals surface area contributed by atoms with Crippen LogP contribution in [-0.4, -0.2) is 18.5 Å². The Morgan fingerprint density at radius 1 is 1.09 bits per heavy atom. The Morgan fingerprint density at radius 2 is 1.78 bits per heavy atom. The second kappa shape index (κ2) is 7.99. The molecule has 0 atom stereocenters. The fourth-order valence-corrected chi connectivity index (χ4v) is 2.21. The Morgan fingerprint density at radius 3 is 2.43 bits per heavy atom. The van der Waals surface area contributed by atoms with Gasteiger partial charge in [0.2, 0.25) is 0 Å². The largest absolute Gasteiger partial charge is 0.452 e. The van der Waals surface area contributed by atoms with Crippen LogP contribution in [0.2, 0.25) is 10.0 Å². The van der Waals surface area contributed by atoms with E-state index in [2.05, 4.69) is 5.32 Å². The number of amides is 1. The van der Waals surface area contributed by atoms with Crippen LogP contribution in [0.5, 0.6) is 0 Å². The number of esters is 1. The number of hydrogen-bond acceptors (Lipinski definition) is 3. The number of anilines is 1. The summed E-state index contributed by atoms with van der Waals surface area (Å²) in [6.07, 6.45) is 0.887. The highest BCUT2D eigenvalue weighted by Crippen LogP contribution is 2.25. The normalized spacial score (nSPS) is 10.2. The van der Waals surface area contributed by atoms with Crippen LogP contribution in [0.15, 0.2) is 42.5 Å². The van der Waals surface area contributed by atoms with E-state index in [9.17, 15) is 9.59 Å². The van der Waals surface area contributed by atoms with Crippen LogP contribution in [0.1, 0.15) is 22.8 Å². The number of halogens is 2. The van der Waals surface area contributed by atoms with Gasteiger partial charge in [0.1, 0.15) is 0 Å². The predicted octanol–water partition coefficient (Wildman–Crippen LogP) is 4.35. The molecule has 0 saturated carbocycles. The molecule has 1 N–H and O–H groups in total. The fourth-order valence-electron chi connectivity index (χ4n) is 1.87. The average molecular weight is 352 g/mol. The summed E-state index contributed by atoms with van der Waals surface area (Å²) >= 11 is 11.8. The Bertz CT molecular complexity index is 714. The lowest BCUT2D eigenvalue weighted by Crippen LogP contribution is -2.21. The Kier molecular flexibility index (Phi) is 6.02. The van der Waals surface area contributed by atoms with Crippen molar-refractivity contribution >= 4 is 40.8 Å². The van der Waals surface area contributed by atoms with E-state index in [0.29, 0.717) is 21.3 Å². The first kappa shape index (κ1) is 17.3. The van der Waals surface area contributed by atoms with Crippen LogP contribution in [0.3, 0.4) is 0 Å². The quantitative estimate of drug-likeness (QED) is 0.814. The van der Waals surface area contributed by atoms with Gasteiger partial charge in [-0.3, -0.25) is 4.79 Å². The number of carbonyl (C=O) groups is 2. The number of aryl methyl sites for hydroxylation is 1. The molecule has 0 heterocycles. The van der Waals surface area contributed by atoms with E-state index in [1.165, 1.54) is 6.07 Å². The summed E-state index contributed by atoms with van der Waals surface area (Å²) in [6, 6.07) is 11.7. The first-order valence-corrected chi connectivity index (χ1v) is 7.76. The molecule has 0 radical (unpaired) electrons. The van der Waals surface area contributed by atoms with Gasteiger partial charge < -0.3 is 10.1 Å². The Labute approximate surface area is 144 Å². The highest BCUT2D eigenvalue weighted by atomic mass is 35.5. The molecule has 23 heavy (non-hydrogen) atoms. The maximum absolute atomic E-state index is 11.9. The summed E-state index contributed by atoms with van der Waals surface area (Å²) in [5, 5.41) is 3.34. The summed E-state index contributed by atoms with van der Waals surface area (Å²) < 4.78 is 4.98. The molecule has 0 saturated heterocycles. The maximum atomic E-state index is 11.9. The van der Waals surface area contributed by atoms with Gasteiger partial charge >= 0.3 is 5.97 Å². The number of carbonyl (C=O) groups excluding carboxylic acids is 2. The van der Waals surface area contributed by atoms with Gasteiger partial charge in [0.15, 0.2) is 6.61 Å². The van der Waals surface area contributed by atoms with Gasteiger partial charge in [0.25, 0.3) is 5.91 Å². The minimum atomic E-state index is -0.556. The van der Waals surface area contributed by atoms with E-state index in [1.54, 1.807) is 24.3 Å². The molecule has 6 heteroatoms. The smallest absolute Gasteiger partial charge is 0.338 e. The lowest BCUT2D eigenvalue weighted by atomic mass is 10.1. The van der Waals surface area contributed by atoms with Crippen molar-refractivity contribution in [3.05, 3.63) is 63.6 Å². The van der Waals surface area contributed by atoms with E-state index in [-0.39, 0.29) is 0 Å². The minimum absolute atomic E-state index is 0.351. The molecular formula is C17H15Cl2NO3. The third kappa shape index (κ3) is 4.98. The second-order valence-corrected chi connectivity index (χ2v) is 5.64. The average Bonchev–Trinajstić information content (AvgIpc) is 2.56. The molecule has 0 aliphatic heterocycles. The Hall–Kier alpha value is -2.04. The number of ether oxygens (including phenoxy) is 1.